The molecular formula is C17H30N6O2+2. The van der Waals surface area contributed by atoms with E-state index in [9.17, 15) is 9.59 Å². The van der Waals surface area contributed by atoms with Gasteiger partial charge in [0.1, 0.15) is 32.7 Å². The van der Waals surface area contributed by atoms with Crippen LogP contribution in [-0.2, 0) is 27.2 Å². The first-order chi connectivity index (χ1) is 11.8. The summed E-state index contributed by atoms with van der Waals surface area (Å²) in [5.74, 6) is 1.31. The number of hydrogen-bond donors (Lipinski definition) is 2. The first-order valence-electron chi connectivity index (χ1n) is 9.09. The monoisotopic (exact) mass is 350 g/mol. The number of rotatable bonds is 4. The van der Waals surface area contributed by atoms with Crippen LogP contribution in [0.2, 0.25) is 0 Å². The van der Waals surface area contributed by atoms with E-state index in [0.29, 0.717) is 17.1 Å². The summed E-state index contributed by atoms with van der Waals surface area (Å²) < 4.78 is 4.71. The van der Waals surface area contributed by atoms with Gasteiger partial charge in [0.15, 0.2) is 17.0 Å². The van der Waals surface area contributed by atoms with Crippen LogP contribution in [-0.4, -0.2) is 51.9 Å². The lowest BCUT2D eigenvalue weighted by Gasteiger charge is -2.27. The first kappa shape index (κ1) is 17.9. The van der Waals surface area contributed by atoms with Gasteiger partial charge in [-0.3, -0.25) is 13.9 Å². The summed E-state index contributed by atoms with van der Waals surface area (Å²) in [5, 5.41) is 0. The molecule has 1 fully saturated rings. The molecular weight excluding hydrogens is 320 g/mol. The van der Waals surface area contributed by atoms with Gasteiger partial charge in [0.2, 0.25) is 0 Å². The minimum Gasteiger partial charge on any atom is -0.328 e. The molecule has 0 bridgehead atoms. The van der Waals surface area contributed by atoms with E-state index in [0.717, 1.165) is 45.1 Å². The maximum absolute atomic E-state index is 12.7. The van der Waals surface area contributed by atoms with Crippen molar-refractivity contribution in [3.8, 4) is 0 Å². The Morgan fingerprint density at radius 1 is 1.08 bits per heavy atom. The molecule has 3 rings (SSSR count). The molecule has 2 aromatic heterocycles. The summed E-state index contributed by atoms with van der Waals surface area (Å²) >= 11 is 0. The van der Waals surface area contributed by atoms with Crippen LogP contribution >= 0.6 is 0 Å². The van der Waals surface area contributed by atoms with Gasteiger partial charge in [0.25, 0.3) is 5.56 Å². The van der Waals surface area contributed by atoms with Gasteiger partial charge < -0.3 is 14.4 Å². The van der Waals surface area contributed by atoms with Crippen LogP contribution in [0, 0.1) is 5.92 Å². The SMILES string of the molecule is CC(C)Cn1c(C[NH+]2CC[NH+](C)CC2)nc2c1c(=O)n(C)c(=O)n2C. The maximum atomic E-state index is 12.7. The van der Waals surface area contributed by atoms with Crippen LogP contribution in [0.15, 0.2) is 9.59 Å². The Morgan fingerprint density at radius 2 is 1.72 bits per heavy atom. The van der Waals surface area contributed by atoms with Crippen molar-refractivity contribution in [2.45, 2.75) is 26.9 Å². The Labute approximate surface area is 147 Å². The third kappa shape index (κ3) is 3.28. The molecule has 0 aromatic carbocycles. The summed E-state index contributed by atoms with van der Waals surface area (Å²) in [5.41, 5.74) is 0.472. The fourth-order valence-corrected chi connectivity index (χ4v) is 3.62. The molecule has 0 atom stereocenters. The number of aryl methyl sites for hydroxylation is 1. The Bertz CT molecular complexity index is 883. The molecule has 3 heterocycles. The average Bonchev–Trinajstić information content (AvgIpc) is 2.91. The first-order valence-corrected chi connectivity index (χ1v) is 9.09. The van der Waals surface area contributed by atoms with Crippen LogP contribution in [0.4, 0.5) is 0 Å². The summed E-state index contributed by atoms with van der Waals surface area (Å²) in [6.45, 7) is 10.3. The standard InChI is InChI=1S/C17H28N6O2/c1-12(2)10-23-13(11-22-8-6-19(3)7-9-22)18-15-14(23)16(24)21(5)17(25)20(15)4/h12H,6-11H2,1-5H3/p+2. The Balaban J connectivity index is 2.11. The molecule has 1 aliphatic heterocycles. The third-order valence-electron chi connectivity index (χ3n) is 5.19. The minimum absolute atomic E-state index is 0.254. The molecule has 8 nitrogen and oxygen atoms in total. The van der Waals surface area contributed by atoms with Crippen molar-refractivity contribution >= 4 is 11.2 Å². The van der Waals surface area contributed by atoms with E-state index in [-0.39, 0.29) is 11.2 Å². The number of nitrogens with zero attached hydrogens (tertiary/aromatic N) is 4. The van der Waals surface area contributed by atoms with Gasteiger partial charge in [-0.25, -0.2) is 9.78 Å². The predicted octanol–water partition coefficient (Wildman–Crippen LogP) is -3.00. The number of hydrogen-bond acceptors (Lipinski definition) is 3. The van der Waals surface area contributed by atoms with Crippen molar-refractivity contribution in [2.75, 3.05) is 33.2 Å². The number of imidazole rings is 1. The number of fused-ring (bicyclic) bond motifs is 1. The quantitative estimate of drug-likeness (QED) is 0.618. The zero-order chi connectivity index (χ0) is 18.3. The second kappa shape index (κ2) is 6.76. The number of aromatic nitrogens is 4. The van der Waals surface area contributed by atoms with Crippen LogP contribution < -0.4 is 21.0 Å². The zero-order valence-corrected chi connectivity index (χ0v) is 15.9. The van der Waals surface area contributed by atoms with E-state index in [1.807, 2.05) is 4.57 Å². The molecule has 0 amide bonds. The highest BCUT2D eigenvalue weighted by Gasteiger charge is 2.25. The number of quaternary nitrogens is 2. The second-order valence-electron chi connectivity index (χ2n) is 7.79. The molecule has 0 aliphatic carbocycles. The van der Waals surface area contributed by atoms with Crippen molar-refractivity contribution < 1.29 is 9.80 Å². The van der Waals surface area contributed by atoms with Crippen molar-refractivity contribution in [2.24, 2.45) is 20.0 Å². The Hall–Kier alpha value is -1.93. The largest absolute Gasteiger partial charge is 0.332 e. The van der Waals surface area contributed by atoms with E-state index in [1.54, 1.807) is 11.9 Å². The normalized spacial score (nSPS) is 21.4. The number of nitrogens with one attached hydrogen (secondary N) is 2. The molecule has 0 spiro atoms. The van der Waals surface area contributed by atoms with Gasteiger partial charge >= 0.3 is 5.69 Å². The lowest BCUT2D eigenvalue weighted by Crippen LogP contribution is -3.26. The topological polar surface area (TPSA) is 70.7 Å². The van der Waals surface area contributed by atoms with Crippen molar-refractivity contribution in [3.05, 3.63) is 26.7 Å². The van der Waals surface area contributed by atoms with E-state index < -0.39 is 0 Å². The zero-order valence-electron chi connectivity index (χ0n) is 15.9. The molecule has 8 heteroatoms. The fraction of sp³-hybridized carbons (Fsp3) is 0.706. The number of piperazine rings is 1. The van der Waals surface area contributed by atoms with E-state index in [4.69, 9.17) is 4.98 Å². The van der Waals surface area contributed by atoms with Gasteiger partial charge in [-0.15, -0.1) is 0 Å². The van der Waals surface area contributed by atoms with Gasteiger partial charge in [0.05, 0.1) is 7.05 Å². The smallest absolute Gasteiger partial charge is 0.328 e. The Morgan fingerprint density at radius 3 is 2.32 bits per heavy atom. The maximum Gasteiger partial charge on any atom is 0.332 e. The lowest BCUT2D eigenvalue weighted by molar-refractivity contribution is -1.01. The van der Waals surface area contributed by atoms with E-state index in [1.165, 1.54) is 21.1 Å². The average molecular weight is 350 g/mol. The van der Waals surface area contributed by atoms with Gasteiger partial charge in [-0.2, -0.15) is 0 Å². The van der Waals surface area contributed by atoms with E-state index >= 15 is 0 Å². The molecule has 1 aliphatic rings. The second-order valence-corrected chi connectivity index (χ2v) is 7.79. The van der Waals surface area contributed by atoms with Crippen molar-refractivity contribution in [1.29, 1.82) is 0 Å². The van der Waals surface area contributed by atoms with Crippen molar-refractivity contribution in [1.82, 2.24) is 18.7 Å². The molecule has 0 unspecified atom stereocenters. The molecule has 2 N–H and O–H groups in total. The Kier molecular flexibility index (Phi) is 4.83. The molecule has 1 saturated heterocycles. The lowest BCUT2D eigenvalue weighted by atomic mass is 10.2. The highest BCUT2D eigenvalue weighted by atomic mass is 16.2. The van der Waals surface area contributed by atoms with Gasteiger partial charge in [0, 0.05) is 20.6 Å². The minimum atomic E-state index is -0.325. The summed E-state index contributed by atoms with van der Waals surface area (Å²) in [7, 11) is 5.45. The molecule has 2 aromatic rings. The van der Waals surface area contributed by atoms with Crippen LogP contribution in [0.1, 0.15) is 19.7 Å². The summed E-state index contributed by atoms with van der Waals surface area (Å²) in [6.07, 6.45) is 0. The van der Waals surface area contributed by atoms with Gasteiger partial charge in [-0.05, 0) is 5.92 Å². The number of likely N-dealkylation sites (N-methyl/N-ethyl adjacent to an activating group) is 1. The highest BCUT2D eigenvalue weighted by Crippen LogP contribution is 2.13. The molecule has 25 heavy (non-hydrogen) atoms. The highest BCUT2D eigenvalue weighted by molar-refractivity contribution is 5.71. The molecule has 0 saturated carbocycles. The molecule has 0 radical (unpaired) electrons. The van der Waals surface area contributed by atoms with Crippen molar-refractivity contribution in [3.63, 3.8) is 0 Å². The third-order valence-corrected chi connectivity index (χ3v) is 5.19. The predicted molar refractivity (Wildman–Crippen MR) is 96.1 cm³/mol. The summed E-state index contributed by atoms with van der Waals surface area (Å²) in [4.78, 5) is 32.8. The van der Waals surface area contributed by atoms with Crippen LogP contribution in [0.3, 0.4) is 0 Å². The van der Waals surface area contributed by atoms with Crippen LogP contribution in [0.25, 0.3) is 11.2 Å². The van der Waals surface area contributed by atoms with Crippen LogP contribution in [0.5, 0.6) is 0 Å². The summed E-state index contributed by atoms with van der Waals surface area (Å²) in [6, 6.07) is 0. The fourth-order valence-electron chi connectivity index (χ4n) is 3.62. The van der Waals surface area contributed by atoms with E-state index in [2.05, 4.69) is 20.9 Å². The molecule has 138 valence electrons. The van der Waals surface area contributed by atoms with Gasteiger partial charge in [-0.1, -0.05) is 13.8 Å².